The molecule has 0 spiro atoms. The maximum atomic E-state index is 13.4. The van der Waals surface area contributed by atoms with Gasteiger partial charge >= 0.3 is 0 Å². The molecular weight excluding hydrogens is 430 g/mol. The summed E-state index contributed by atoms with van der Waals surface area (Å²) < 4.78 is 23.9. The Morgan fingerprint density at radius 3 is 1.88 bits per heavy atom. The van der Waals surface area contributed by atoms with Gasteiger partial charge in [0.15, 0.2) is 40.6 Å². The number of amides is 1. The molecule has 158 valence electrons. The number of para-hydroxylation sites is 4. The summed E-state index contributed by atoms with van der Waals surface area (Å²) in [6, 6.07) is 19.4. The molecule has 0 atom stereocenters. The van der Waals surface area contributed by atoms with E-state index in [1.54, 1.807) is 23.1 Å². The van der Waals surface area contributed by atoms with Crippen molar-refractivity contribution in [2.75, 3.05) is 0 Å². The van der Waals surface area contributed by atoms with E-state index in [2.05, 4.69) is 0 Å². The Bertz CT molecular complexity index is 1250. The van der Waals surface area contributed by atoms with Gasteiger partial charge in [0.1, 0.15) is 12.5 Å². The number of halogens is 1. The number of carbonyl (C=O) groups is 1. The van der Waals surface area contributed by atoms with Crippen molar-refractivity contribution in [2.45, 2.75) is 12.6 Å². The summed E-state index contributed by atoms with van der Waals surface area (Å²) >= 11 is 6.35. The molecule has 0 aromatic heterocycles. The molecule has 6 nitrogen and oxygen atoms in total. The smallest absolute Gasteiger partial charge is 0.257 e. The van der Waals surface area contributed by atoms with E-state index in [1.165, 1.54) is 12.5 Å². The van der Waals surface area contributed by atoms with E-state index in [9.17, 15) is 4.79 Å². The van der Waals surface area contributed by atoms with Crippen LogP contribution >= 0.6 is 11.6 Å². The van der Waals surface area contributed by atoms with E-state index in [-0.39, 0.29) is 5.91 Å². The fourth-order valence-corrected chi connectivity index (χ4v) is 4.32. The van der Waals surface area contributed by atoms with Crippen LogP contribution in [0.3, 0.4) is 0 Å². The number of ether oxygens (including phenoxy) is 4. The van der Waals surface area contributed by atoms with E-state index < -0.39 is 6.04 Å². The second-order valence-electron chi connectivity index (χ2n) is 7.48. The average Bonchev–Trinajstić information content (AvgIpc) is 3.16. The van der Waals surface area contributed by atoms with E-state index in [4.69, 9.17) is 30.5 Å². The summed E-state index contributed by atoms with van der Waals surface area (Å²) in [5, 5.41) is 0.411. The van der Waals surface area contributed by atoms with Crippen molar-refractivity contribution in [3.05, 3.63) is 107 Å². The van der Waals surface area contributed by atoms with E-state index in [1.807, 2.05) is 48.5 Å². The van der Waals surface area contributed by atoms with E-state index >= 15 is 0 Å². The van der Waals surface area contributed by atoms with Crippen LogP contribution in [0.1, 0.15) is 15.9 Å². The molecule has 3 aliphatic rings. The van der Waals surface area contributed by atoms with Gasteiger partial charge in [-0.1, -0.05) is 48.0 Å². The predicted octanol–water partition coefficient (Wildman–Crippen LogP) is 5.29. The topological polar surface area (TPSA) is 57.2 Å². The van der Waals surface area contributed by atoms with Gasteiger partial charge in [0.2, 0.25) is 0 Å². The van der Waals surface area contributed by atoms with Gasteiger partial charge in [-0.3, -0.25) is 4.79 Å². The van der Waals surface area contributed by atoms with Gasteiger partial charge in [-0.05, 0) is 35.9 Å². The number of nitrogens with zero attached hydrogens (tertiary/aromatic N) is 1. The van der Waals surface area contributed by atoms with Gasteiger partial charge in [0.25, 0.3) is 5.91 Å². The Hall–Kier alpha value is -3.90. The number of carbonyl (C=O) groups excluding carboxylic acids is 1. The summed E-state index contributed by atoms with van der Waals surface area (Å²) in [5.74, 6) is 2.86. The lowest BCUT2D eigenvalue weighted by Crippen LogP contribution is -2.42. The van der Waals surface area contributed by atoms with Crippen LogP contribution in [0.2, 0.25) is 5.02 Å². The zero-order chi connectivity index (χ0) is 21.7. The van der Waals surface area contributed by atoms with Crippen molar-refractivity contribution in [3.63, 3.8) is 0 Å². The van der Waals surface area contributed by atoms with Gasteiger partial charge in [0, 0.05) is 6.54 Å². The van der Waals surface area contributed by atoms with Gasteiger partial charge in [-0.2, -0.15) is 0 Å². The highest BCUT2D eigenvalue weighted by molar-refractivity contribution is 6.34. The van der Waals surface area contributed by atoms with Crippen LogP contribution in [0, 0.1) is 0 Å². The van der Waals surface area contributed by atoms with Gasteiger partial charge in [-0.15, -0.1) is 0 Å². The molecule has 1 amide bonds. The molecule has 0 aliphatic carbocycles. The Balaban J connectivity index is 1.41. The standard InChI is InChI=1S/C25H16ClNO5/c26-16-7-5-6-15-12-27(25(28)23(15)16)24(21-13-29-17-8-1-3-10-19(17)31-21)22-14-30-18-9-2-4-11-20(18)32-22/h1-11,13-14,24H,12H2. The minimum absolute atomic E-state index is 0.220. The van der Waals surface area contributed by atoms with Crippen LogP contribution in [-0.4, -0.2) is 16.8 Å². The third kappa shape index (κ3) is 2.99. The molecule has 0 N–H and O–H groups in total. The molecular formula is C25H16ClNO5. The number of benzene rings is 3. The van der Waals surface area contributed by atoms with Crippen LogP contribution in [0.4, 0.5) is 0 Å². The number of hydrogen-bond donors (Lipinski definition) is 0. The summed E-state index contributed by atoms with van der Waals surface area (Å²) in [4.78, 5) is 15.1. The summed E-state index contributed by atoms with van der Waals surface area (Å²) in [6.45, 7) is 0.337. The number of rotatable bonds is 3. The van der Waals surface area contributed by atoms with Crippen molar-refractivity contribution in [2.24, 2.45) is 0 Å². The Morgan fingerprint density at radius 2 is 1.31 bits per heavy atom. The quantitative estimate of drug-likeness (QED) is 0.548. The molecule has 6 rings (SSSR count). The average molecular weight is 446 g/mol. The second-order valence-corrected chi connectivity index (χ2v) is 7.89. The Labute approximate surface area is 188 Å². The lowest BCUT2D eigenvalue weighted by atomic mass is 10.1. The normalized spacial score (nSPS) is 15.9. The lowest BCUT2D eigenvalue weighted by Gasteiger charge is -2.33. The maximum Gasteiger partial charge on any atom is 0.257 e. The second kappa shape index (κ2) is 7.35. The molecule has 3 aliphatic heterocycles. The molecule has 32 heavy (non-hydrogen) atoms. The third-order valence-electron chi connectivity index (χ3n) is 5.52. The molecule has 3 aromatic rings. The number of fused-ring (bicyclic) bond motifs is 3. The molecule has 0 bridgehead atoms. The molecule has 0 saturated carbocycles. The molecule has 0 unspecified atom stereocenters. The van der Waals surface area contributed by atoms with Crippen LogP contribution in [0.5, 0.6) is 23.0 Å². The molecule has 3 heterocycles. The number of hydrogen-bond acceptors (Lipinski definition) is 5. The van der Waals surface area contributed by atoms with Gasteiger partial charge < -0.3 is 23.8 Å². The minimum atomic E-state index is -0.729. The highest BCUT2D eigenvalue weighted by Crippen LogP contribution is 2.41. The van der Waals surface area contributed by atoms with E-state index in [0.717, 1.165) is 5.56 Å². The van der Waals surface area contributed by atoms with Crippen LogP contribution in [0.25, 0.3) is 0 Å². The first-order chi connectivity index (χ1) is 15.7. The van der Waals surface area contributed by atoms with Gasteiger partial charge in [0.05, 0.1) is 10.6 Å². The van der Waals surface area contributed by atoms with Crippen molar-refractivity contribution < 1.29 is 23.7 Å². The van der Waals surface area contributed by atoms with Crippen LogP contribution in [-0.2, 0) is 6.54 Å². The first-order valence-corrected chi connectivity index (χ1v) is 10.4. The highest BCUT2D eigenvalue weighted by atomic mass is 35.5. The Kier molecular flexibility index (Phi) is 4.33. The SMILES string of the molecule is O=C1c2c(Cl)cccc2CN1C(C1=COc2ccccc2O1)C1=COc2ccccc2O1. The summed E-state index contributed by atoms with van der Waals surface area (Å²) in [5.41, 5.74) is 1.32. The molecule has 0 radical (unpaired) electrons. The predicted molar refractivity (Wildman–Crippen MR) is 117 cm³/mol. The van der Waals surface area contributed by atoms with Crippen molar-refractivity contribution >= 4 is 17.5 Å². The molecule has 7 heteroatoms. The lowest BCUT2D eigenvalue weighted by molar-refractivity contribution is 0.0677. The molecule has 3 aromatic carbocycles. The maximum absolute atomic E-state index is 13.4. The first-order valence-electron chi connectivity index (χ1n) is 10.0. The van der Waals surface area contributed by atoms with Crippen molar-refractivity contribution in [1.82, 2.24) is 4.90 Å². The van der Waals surface area contributed by atoms with E-state index in [0.29, 0.717) is 51.6 Å². The Morgan fingerprint density at radius 1 is 0.750 bits per heavy atom. The summed E-state index contributed by atoms with van der Waals surface area (Å²) in [7, 11) is 0. The zero-order valence-corrected chi connectivity index (χ0v) is 17.4. The van der Waals surface area contributed by atoms with Crippen molar-refractivity contribution in [1.29, 1.82) is 0 Å². The van der Waals surface area contributed by atoms with Crippen molar-refractivity contribution in [3.8, 4) is 23.0 Å². The zero-order valence-electron chi connectivity index (χ0n) is 16.7. The minimum Gasteiger partial charge on any atom is -0.457 e. The van der Waals surface area contributed by atoms with Crippen LogP contribution < -0.4 is 18.9 Å². The van der Waals surface area contributed by atoms with Gasteiger partial charge in [-0.25, -0.2) is 0 Å². The fourth-order valence-electron chi connectivity index (χ4n) is 4.04. The largest absolute Gasteiger partial charge is 0.457 e. The van der Waals surface area contributed by atoms with Crippen LogP contribution in [0.15, 0.2) is 90.8 Å². The summed E-state index contributed by atoms with van der Waals surface area (Å²) in [6.07, 6.45) is 2.99. The molecule has 0 saturated heterocycles. The third-order valence-corrected chi connectivity index (χ3v) is 5.84. The highest BCUT2D eigenvalue weighted by Gasteiger charge is 2.42. The fraction of sp³-hybridized carbons (Fsp3) is 0.0800. The first kappa shape index (κ1) is 18.8. The monoisotopic (exact) mass is 445 g/mol. The molecule has 0 fully saturated rings.